The summed E-state index contributed by atoms with van der Waals surface area (Å²) in [6.45, 7) is 0. The lowest BCUT2D eigenvalue weighted by Gasteiger charge is -2.12. The van der Waals surface area contributed by atoms with Crippen molar-refractivity contribution in [1.29, 1.82) is 0 Å². The maximum Gasteiger partial charge on any atom is 0.434 e. The van der Waals surface area contributed by atoms with Crippen LogP contribution in [0.4, 0.5) is 18.9 Å². The number of anilines is 1. The van der Waals surface area contributed by atoms with Gasteiger partial charge in [-0.1, -0.05) is 11.6 Å². The molecule has 1 amide bonds. The molecule has 3 rings (SSSR count). The average Bonchev–Trinajstić information content (AvgIpc) is 2.95. The van der Waals surface area contributed by atoms with Gasteiger partial charge in [-0.25, -0.2) is 4.98 Å². The van der Waals surface area contributed by atoms with Crippen molar-refractivity contribution in [3.8, 4) is 0 Å². The Balaban J connectivity index is 2.02. The number of hydrogen-bond donors (Lipinski definition) is 1. The molecule has 8 heteroatoms. The minimum Gasteiger partial charge on any atom is -0.322 e. The molecule has 0 bridgehead atoms. The van der Waals surface area contributed by atoms with E-state index in [4.69, 9.17) is 11.6 Å². The molecule has 0 fully saturated rings. The van der Waals surface area contributed by atoms with Gasteiger partial charge in [0.05, 0.1) is 15.8 Å². The van der Waals surface area contributed by atoms with E-state index in [1.54, 1.807) is 5.38 Å². The molecule has 2 aromatic heterocycles. The highest BCUT2D eigenvalue weighted by atomic mass is 35.5. The number of amides is 1. The van der Waals surface area contributed by atoms with Gasteiger partial charge in [0.25, 0.3) is 5.91 Å². The van der Waals surface area contributed by atoms with Crippen LogP contribution in [-0.4, -0.2) is 10.9 Å². The first-order valence-electron chi connectivity index (χ1n) is 6.37. The molecule has 2 heterocycles. The number of benzene rings is 1. The number of rotatable bonds is 2. The van der Waals surface area contributed by atoms with Gasteiger partial charge in [-0.15, -0.1) is 11.3 Å². The largest absolute Gasteiger partial charge is 0.434 e. The van der Waals surface area contributed by atoms with Crippen molar-refractivity contribution in [1.82, 2.24) is 4.98 Å². The molecule has 0 atom stereocenters. The van der Waals surface area contributed by atoms with E-state index in [1.165, 1.54) is 47.7 Å². The van der Waals surface area contributed by atoms with Crippen LogP contribution in [0.1, 0.15) is 16.1 Å². The number of alkyl halides is 3. The molecule has 0 unspecified atom stereocenters. The number of thiophene rings is 1. The number of halogens is 4. The van der Waals surface area contributed by atoms with E-state index in [0.29, 0.717) is 15.4 Å². The second-order valence-electron chi connectivity index (χ2n) is 4.65. The topological polar surface area (TPSA) is 42.0 Å². The second kappa shape index (κ2) is 5.82. The van der Waals surface area contributed by atoms with Gasteiger partial charge in [0.2, 0.25) is 0 Å². The van der Waals surface area contributed by atoms with Crippen LogP contribution >= 0.6 is 22.9 Å². The van der Waals surface area contributed by atoms with Crippen molar-refractivity contribution in [3.05, 3.63) is 58.1 Å². The Morgan fingerprint density at radius 3 is 2.52 bits per heavy atom. The average molecular weight is 357 g/mol. The normalized spacial score (nSPS) is 11.7. The lowest BCUT2D eigenvalue weighted by Crippen LogP contribution is -2.20. The Hall–Kier alpha value is -2.12. The molecule has 0 aliphatic rings. The number of pyridine rings is 1. The standard InChI is InChI=1S/C15H8ClF3N2OS/c16-8-1-3-9(4-2-8)20-14(22)10-7-12-11(5-6-23-12)21-13(10)15(17,18)19/h1-7H,(H,20,22). The van der Waals surface area contributed by atoms with E-state index >= 15 is 0 Å². The fourth-order valence-electron chi connectivity index (χ4n) is 2.02. The Kier molecular flexibility index (Phi) is 3.99. The van der Waals surface area contributed by atoms with Crippen molar-refractivity contribution in [2.24, 2.45) is 0 Å². The highest BCUT2D eigenvalue weighted by Crippen LogP contribution is 2.34. The number of carbonyl (C=O) groups is 1. The number of fused-ring (bicyclic) bond motifs is 1. The maximum atomic E-state index is 13.2. The third kappa shape index (κ3) is 3.30. The zero-order valence-electron chi connectivity index (χ0n) is 11.3. The van der Waals surface area contributed by atoms with Crippen LogP contribution in [0, 0.1) is 0 Å². The number of nitrogens with zero attached hydrogens (tertiary/aromatic N) is 1. The fraction of sp³-hybridized carbons (Fsp3) is 0.0667. The summed E-state index contributed by atoms with van der Waals surface area (Å²) in [5, 5.41) is 4.50. The van der Waals surface area contributed by atoms with Crippen molar-refractivity contribution in [2.75, 3.05) is 5.32 Å². The van der Waals surface area contributed by atoms with E-state index < -0.39 is 23.3 Å². The van der Waals surface area contributed by atoms with Gasteiger partial charge in [0.1, 0.15) is 0 Å². The summed E-state index contributed by atoms with van der Waals surface area (Å²) in [5.41, 5.74) is -1.15. The van der Waals surface area contributed by atoms with Gasteiger partial charge in [-0.3, -0.25) is 4.79 Å². The predicted octanol–water partition coefficient (Wildman–Crippen LogP) is 5.22. The van der Waals surface area contributed by atoms with E-state index in [1.807, 2.05) is 0 Å². The Bertz CT molecular complexity index is 875. The summed E-state index contributed by atoms with van der Waals surface area (Å²) < 4.78 is 40.0. The first kappa shape index (κ1) is 15.8. The highest BCUT2D eigenvalue weighted by Gasteiger charge is 2.37. The smallest absolute Gasteiger partial charge is 0.322 e. The summed E-state index contributed by atoms with van der Waals surface area (Å²) in [6.07, 6.45) is -4.72. The molecule has 0 aliphatic carbocycles. The van der Waals surface area contributed by atoms with Gasteiger partial charge < -0.3 is 5.32 Å². The summed E-state index contributed by atoms with van der Waals surface area (Å²) in [4.78, 5) is 15.8. The minimum absolute atomic E-state index is 0.213. The highest BCUT2D eigenvalue weighted by molar-refractivity contribution is 7.17. The molecular formula is C15H8ClF3N2OS. The molecule has 118 valence electrons. The quantitative estimate of drug-likeness (QED) is 0.684. The number of carbonyl (C=O) groups excluding carboxylic acids is 1. The van der Waals surface area contributed by atoms with Crippen molar-refractivity contribution >= 4 is 44.7 Å². The minimum atomic E-state index is -4.72. The zero-order valence-corrected chi connectivity index (χ0v) is 12.9. The van der Waals surface area contributed by atoms with Gasteiger partial charge >= 0.3 is 6.18 Å². The summed E-state index contributed by atoms with van der Waals surface area (Å²) in [5.74, 6) is -0.873. The van der Waals surface area contributed by atoms with Crippen LogP contribution in [0.3, 0.4) is 0 Å². The van der Waals surface area contributed by atoms with Gasteiger partial charge in [-0.2, -0.15) is 13.2 Å². The second-order valence-corrected chi connectivity index (χ2v) is 6.03. The molecule has 3 nitrogen and oxygen atoms in total. The lowest BCUT2D eigenvalue weighted by molar-refractivity contribution is -0.141. The Morgan fingerprint density at radius 1 is 1.17 bits per heavy atom. The third-order valence-corrected chi connectivity index (χ3v) is 4.16. The SMILES string of the molecule is O=C(Nc1ccc(Cl)cc1)c1cc2sccc2nc1C(F)(F)F. The predicted molar refractivity (Wildman–Crippen MR) is 84.0 cm³/mol. The van der Waals surface area contributed by atoms with Crippen molar-refractivity contribution in [3.63, 3.8) is 0 Å². The first-order chi connectivity index (χ1) is 10.8. The van der Waals surface area contributed by atoms with Crippen LogP contribution in [-0.2, 0) is 6.18 Å². The summed E-state index contributed by atoms with van der Waals surface area (Å²) >= 11 is 6.95. The molecule has 0 spiro atoms. The van der Waals surface area contributed by atoms with Gasteiger partial charge in [-0.05, 0) is 41.8 Å². The first-order valence-corrected chi connectivity index (χ1v) is 7.63. The fourth-order valence-corrected chi connectivity index (χ4v) is 2.91. The molecule has 23 heavy (non-hydrogen) atoms. The number of nitrogens with one attached hydrogen (secondary N) is 1. The van der Waals surface area contributed by atoms with Crippen LogP contribution in [0.5, 0.6) is 0 Å². The van der Waals surface area contributed by atoms with Crippen LogP contribution in [0.25, 0.3) is 10.2 Å². The molecule has 1 aromatic carbocycles. The van der Waals surface area contributed by atoms with Crippen molar-refractivity contribution < 1.29 is 18.0 Å². The molecule has 0 saturated carbocycles. The van der Waals surface area contributed by atoms with Crippen LogP contribution < -0.4 is 5.32 Å². The molecule has 0 aliphatic heterocycles. The molecule has 1 N–H and O–H groups in total. The molecular weight excluding hydrogens is 349 g/mol. The number of hydrogen-bond acceptors (Lipinski definition) is 3. The lowest BCUT2D eigenvalue weighted by atomic mass is 10.1. The van der Waals surface area contributed by atoms with Gasteiger partial charge in [0.15, 0.2) is 5.69 Å². The van der Waals surface area contributed by atoms with Crippen LogP contribution in [0.15, 0.2) is 41.8 Å². The van der Waals surface area contributed by atoms with E-state index in [0.717, 1.165) is 0 Å². The van der Waals surface area contributed by atoms with Gasteiger partial charge in [0, 0.05) is 10.7 Å². The zero-order chi connectivity index (χ0) is 16.6. The Labute approximate surface area is 137 Å². The summed E-state index contributed by atoms with van der Waals surface area (Å²) in [7, 11) is 0. The molecule has 0 radical (unpaired) electrons. The van der Waals surface area contributed by atoms with E-state index in [-0.39, 0.29) is 5.52 Å². The van der Waals surface area contributed by atoms with Crippen molar-refractivity contribution in [2.45, 2.75) is 6.18 Å². The number of aromatic nitrogens is 1. The molecule has 0 saturated heterocycles. The third-order valence-electron chi connectivity index (χ3n) is 3.05. The molecule has 3 aromatic rings. The monoisotopic (exact) mass is 356 g/mol. The maximum absolute atomic E-state index is 13.2. The Morgan fingerprint density at radius 2 is 1.87 bits per heavy atom. The summed E-state index contributed by atoms with van der Waals surface area (Å²) in [6, 6.07) is 8.76. The van der Waals surface area contributed by atoms with Crippen LogP contribution in [0.2, 0.25) is 5.02 Å². The van der Waals surface area contributed by atoms with E-state index in [9.17, 15) is 18.0 Å². The van der Waals surface area contributed by atoms with E-state index in [2.05, 4.69) is 10.3 Å².